The highest BCUT2D eigenvalue weighted by atomic mass is 19.1. The van der Waals surface area contributed by atoms with E-state index in [0.29, 0.717) is 18.7 Å². The van der Waals surface area contributed by atoms with E-state index in [2.05, 4.69) is 5.32 Å². The number of rotatable bonds is 1. The van der Waals surface area contributed by atoms with Gasteiger partial charge >= 0.3 is 6.09 Å². The Kier molecular flexibility index (Phi) is 4.10. The average molecular weight is 348 g/mol. The zero-order valence-electron chi connectivity index (χ0n) is 14.2. The van der Waals surface area contributed by atoms with E-state index >= 15 is 0 Å². The number of hydrogen-bond acceptors (Lipinski definition) is 3. The summed E-state index contributed by atoms with van der Waals surface area (Å²) in [6.07, 6.45) is -0.300. The van der Waals surface area contributed by atoms with E-state index < -0.39 is 23.3 Å². The fourth-order valence-electron chi connectivity index (χ4n) is 2.79. The lowest BCUT2D eigenvalue weighted by molar-refractivity contribution is 0.0535. The molecule has 0 unspecified atom stereocenters. The zero-order chi connectivity index (χ0) is 18.4. The standard InChI is InChI=1S/C18H18F2N2O3/c1-18(2,3)25-17(24)22-14-6-7-21-16(23)12(14)9-15(22)11-5-4-10(19)8-13(11)20/h4-5,8-9H,6-7H2,1-3H3,(H,21,23). The first-order valence-electron chi connectivity index (χ1n) is 7.89. The van der Waals surface area contributed by atoms with Crippen LogP contribution in [-0.2, 0) is 11.2 Å². The summed E-state index contributed by atoms with van der Waals surface area (Å²) in [6.45, 7) is 5.51. The van der Waals surface area contributed by atoms with Crippen LogP contribution in [0.1, 0.15) is 36.8 Å². The van der Waals surface area contributed by atoms with E-state index in [4.69, 9.17) is 4.74 Å². The first kappa shape index (κ1) is 17.1. The van der Waals surface area contributed by atoms with Crippen LogP contribution < -0.4 is 5.32 Å². The Balaban J connectivity index is 2.20. The van der Waals surface area contributed by atoms with Gasteiger partial charge in [-0.2, -0.15) is 0 Å². The van der Waals surface area contributed by atoms with Crippen LogP contribution in [-0.4, -0.2) is 28.7 Å². The number of nitrogens with one attached hydrogen (secondary N) is 1. The monoisotopic (exact) mass is 348 g/mol. The Hall–Kier alpha value is -2.70. The molecule has 0 saturated heterocycles. The molecular formula is C18H18F2N2O3. The topological polar surface area (TPSA) is 60.3 Å². The van der Waals surface area contributed by atoms with Gasteiger partial charge in [0.1, 0.15) is 17.2 Å². The molecule has 1 aromatic carbocycles. The van der Waals surface area contributed by atoms with Gasteiger partial charge in [0.05, 0.1) is 11.3 Å². The molecule has 1 aliphatic rings. The molecule has 2 heterocycles. The predicted octanol–water partition coefficient (Wildman–Crippen LogP) is 3.50. The number of carbonyl (C=O) groups is 2. The van der Waals surface area contributed by atoms with Crippen molar-refractivity contribution in [2.75, 3.05) is 6.54 Å². The molecule has 1 amide bonds. The minimum absolute atomic E-state index is 0.0226. The van der Waals surface area contributed by atoms with Gasteiger partial charge in [0.15, 0.2) is 0 Å². The van der Waals surface area contributed by atoms with Gasteiger partial charge in [0.2, 0.25) is 0 Å². The number of benzene rings is 1. The number of ether oxygens (including phenoxy) is 1. The van der Waals surface area contributed by atoms with Crippen LogP contribution in [0.25, 0.3) is 11.3 Å². The Morgan fingerprint density at radius 2 is 1.92 bits per heavy atom. The Morgan fingerprint density at radius 3 is 2.56 bits per heavy atom. The van der Waals surface area contributed by atoms with Crippen molar-refractivity contribution in [3.05, 3.63) is 47.2 Å². The molecule has 1 aliphatic heterocycles. The molecule has 0 atom stereocenters. The van der Waals surface area contributed by atoms with E-state index in [1.165, 1.54) is 16.7 Å². The van der Waals surface area contributed by atoms with Gasteiger partial charge in [0, 0.05) is 30.3 Å². The molecule has 2 aromatic rings. The first-order chi connectivity index (χ1) is 11.7. The zero-order valence-corrected chi connectivity index (χ0v) is 14.2. The summed E-state index contributed by atoms with van der Waals surface area (Å²) in [5.74, 6) is -1.88. The SMILES string of the molecule is CC(C)(C)OC(=O)n1c(-c2ccc(F)cc2F)cc2c1CCNC2=O. The lowest BCUT2D eigenvalue weighted by Gasteiger charge is -2.22. The summed E-state index contributed by atoms with van der Waals surface area (Å²) in [6, 6.07) is 4.51. The maximum absolute atomic E-state index is 14.3. The van der Waals surface area contributed by atoms with Gasteiger partial charge < -0.3 is 10.1 Å². The van der Waals surface area contributed by atoms with E-state index in [1.807, 2.05) is 0 Å². The molecule has 7 heteroatoms. The van der Waals surface area contributed by atoms with Crippen molar-refractivity contribution in [1.82, 2.24) is 9.88 Å². The van der Waals surface area contributed by atoms with Crippen LogP contribution in [0.3, 0.4) is 0 Å². The van der Waals surface area contributed by atoms with Crippen molar-refractivity contribution in [1.29, 1.82) is 0 Å². The number of hydrogen-bond donors (Lipinski definition) is 1. The fraction of sp³-hybridized carbons (Fsp3) is 0.333. The molecule has 0 radical (unpaired) electrons. The minimum Gasteiger partial charge on any atom is -0.443 e. The Bertz CT molecular complexity index is 866. The number of halogens is 2. The normalized spacial score (nSPS) is 14.0. The molecule has 0 aliphatic carbocycles. The van der Waals surface area contributed by atoms with E-state index in [1.54, 1.807) is 20.8 Å². The summed E-state index contributed by atoms with van der Waals surface area (Å²) in [7, 11) is 0. The number of amides is 1. The molecule has 0 saturated carbocycles. The smallest absolute Gasteiger partial charge is 0.419 e. The molecule has 1 aromatic heterocycles. The summed E-state index contributed by atoms with van der Waals surface area (Å²) in [5.41, 5.74) is 0.167. The number of nitrogens with zero attached hydrogens (tertiary/aromatic N) is 1. The Morgan fingerprint density at radius 1 is 1.20 bits per heavy atom. The van der Waals surface area contributed by atoms with Crippen molar-refractivity contribution < 1.29 is 23.1 Å². The maximum Gasteiger partial charge on any atom is 0.419 e. The lowest BCUT2D eigenvalue weighted by atomic mass is 10.1. The highest BCUT2D eigenvalue weighted by Crippen LogP contribution is 2.31. The average Bonchev–Trinajstić information content (AvgIpc) is 2.86. The Labute approximate surface area is 143 Å². The molecular weight excluding hydrogens is 330 g/mol. The highest BCUT2D eigenvalue weighted by Gasteiger charge is 2.30. The largest absolute Gasteiger partial charge is 0.443 e. The van der Waals surface area contributed by atoms with Crippen molar-refractivity contribution in [2.24, 2.45) is 0 Å². The van der Waals surface area contributed by atoms with Gasteiger partial charge in [0.25, 0.3) is 5.91 Å². The highest BCUT2D eigenvalue weighted by molar-refractivity contribution is 5.99. The van der Waals surface area contributed by atoms with Gasteiger partial charge in [-0.25, -0.2) is 18.1 Å². The molecule has 25 heavy (non-hydrogen) atoms. The number of aromatic nitrogens is 1. The summed E-state index contributed by atoms with van der Waals surface area (Å²) in [5, 5.41) is 2.68. The van der Waals surface area contributed by atoms with Crippen LogP contribution in [0.4, 0.5) is 13.6 Å². The summed E-state index contributed by atoms with van der Waals surface area (Å²) in [4.78, 5) is 24.8. The molecule has 1 N–H and O–H groups in total. The van der Waals surface area contributed by atoms with Gasteiger partial charge in [-0.1, -0.05) is 0 Å². The van der Waals surface area contributed by atoms with E-state index in [0.717, 1.165) is 12.1 Å². The minimum atomic E-state index is -0.819. The van der Waals surface area contributed by atoms with Crippen LogP contribution >= 0.6 is 0 Å². The van der Waals surface area contributed by atoms with Gasteiger partial charge in [-0.05, 0) is 39.0 Å². The second-order valence-corrected chi connectivity index (χ2v) is 6.84. The van der Waals surface area contributed by atoms with Crippen LogP contribution in [0.15, 0.2) is 24.3 Å². The van der Waals surface area contributed by atoms with Crippen LogP contribution in [0.2, 0.25) is 0 Å². The second kappa shape index (κ2) is 5.98. The number of carbonyl (C=O) groups excluding carboxylic acids is 2. The third-order valence-electron chi connectivity index (χ3n) is 3.78. The fourth-order valence-corrected chi connectivity index (χ4v) is 2.79. The molecule has 3 rings (SSSR count). The van der Waals surface area contributed by atoms with Crippen molar-refractivity contribution in [2.45, 2.75) is 32.8 Å². The van der Waals surface area contributed by atoms with Crippen LogP contribution in [0.5, 0.6) is 0 Å². The molecule has 132 valence electrons. The molecule has 0 bridgehead atoms. The summed E-state index contributed by atoms with van der Waals surface area (Å²) < 4.78 is 34.1. The van der Waals surface area contributed by atoms with E-state index in [-0.39, 0.29) is 22.7 Å². The first-order valence-corrected chi connectivity index (χ1v) is 7.89. The second-order valence-electron chi connectivity index (χ2n) is 6.84. The molecule has 0 fully saturated rings. The van der Waals surface area contributed by atoms with Gasteiger partial charge in [-0.15, -0.1) is 0 Å². The summed E-state index contributed by atoms with van der Waals surface area (Å²) >= 11 is 0. The third kappa shape index (κ3) is 3.26. The molecule has 5 nitrogen and oxygen atoms in total. The lowest BCUT2D eigenvalue weighted by Crippen LogP contribution is -2.34. The predicted molar refractivity (Wildman–Crippen MR) is 87.5 cm³/mol. The van der Waals surface area contributed by atoms with Crippen molar-refractivity contribution in [3.8, 4) is 11.3 Å². The third-order valence-corrected chi connectivity index (χ3v) is 3.78. The maximum atomic E-state index is 14.3. The van der Waals surface area contributed by atoms with Crippen molar-refractivity contribution >= 4 is 12.0 Å². The quantitative estimate of drug-likeness (QED) is 0.858. The molecule has 0 spiro atoms. The van der Waals surface area contributed by atoms with Crippen LogP contribution in [0, 0.1) is 11.6 Å². The van der Waals surface area contributed by atoms with Gasteiger partial charge in [-0.3, -0.25) is 4.79 Å². The van der Waals surface area contributed by atoms with Crippen molar-refractivity contribution in [3.63, 3.8) is 0 Å². The van der Waals surface area contributed by atoms with E-state index in [9.17, 15) is 18.4 Å². The number of fused-ring (bicyclic) bond motifs is 1.